The van der Waals surface area contributed by atoms with Crippen molar-refractivity contribution >= 4 is 16.5 Å². The first kappa shape index (κ1) is 16.3. The van der Waals surface area contributed by atoms with Gasteiger partial charge in [-0.15, -0.1) is 0 Å². The van der Waals surface area contributed by atoms with Gasteiger partial charge in [-0.2, -0.15) is 0 Å². The highest BCUT2D eigenvalue weighted by Gasteiger charge is 2.25. The molecular weight excluding hydrogens is 335 g/mol. The summed E-state index contributed by atoms with van der Waals surface area (Å²) in [5.41, 5.74) is 2.10. The molecule has 3 aromatic rings. The molecule has 0 radical (unpaired) electrons. The number of methoxy groups -OCH3 is 1. The molecule has 4 rings (SSSR count). The second kappa shape index (κ2) is 6.29. The Kier molecular flexibility index (Phi) is 3.95. The van der Waals surface area contributed by atoms with Crippen LogP contribution in [0.5, 0.6) is 5.75 Å². The van der Waals surface area contributed by atoms with Crippen LogP contribution in [0.15, 0.2) is 52.4 Å². The minimum absolute atomic E-state index is 0.154. The topological polar surface area (TPSA) is 63.8 Å². The highest BCUT2D eigenvalue weighted by Crippen LogP contribution is 2.35. The molecule has 0 atom stereocenters. The number of fused-ring (bicyclic) bond motifs is 2. The second-order valence-corrected chi connectivity index (χ2v) is 6.25. The first-order valence-electron chi connectivity index (χ1n) is 8.36. The molecule has 0 aliphatic carbocycles. The van der Waals surface area contributed by atoms with E-state index in [4.69, 9.17) is 4.74 Å². The van der Waals surface area contributed by atoms with Crippen molar-refractivity contribution in [3.05, 3.63) is 64.3 Å². The lowest BCUT2D eigenvalue weighted by Gasteiger charge is -2.24. The quantitative estimate of drug-likeness (QED) is 0.564. The number of halogens is 1. The zero-order chi connectivity index (χ0) is 18.3. The third-order valence-corrected chi connectivity index (χ3v) is 4.78. The van der Waals surface area contributed by atoms with Crippen LogP contribution in [0.4, 0.5) is 4.39 Å². The van der Waals surface area contributed by atoms with Crippen LogP contribution in [0.1, 0.15) is 18.5 Å². The van der Waals surface area contributed by atoms with Crippen molar-refractivity contribution in [1.82, 2.24) is 4.57 Å². The summed E-state index contributed by atoms with van der Waals surface area (Å²) in [5.74, 6) is 0.222. The zero-order valence-corrected chi connectivity index (χ0v) is 14.2. The third kappa shape index (κ3) is 2.45. The van der Waals surface area contributed by atoms with E-state index in [1.165, 1.54) is 12.1 Å². The molecule has 6 heteroatoms. The molecule has 0 unspecified atom stereocenters. The summed E-state index contributed by atoms with van der Waals surface area (Å²) in [6, 6.07) is 11.4. The summed E-state index contributed by atoms with van der Waals surface area (Å²) >= 11 is 0. The van der Waals surface area contributed by atoms with Crippen molar-refractivity contribution in [2.24, 2.45) is 5.16 Å². The van der Waals surface area contributed by atoms with Gasteiger partial charge in [-0.05, 0) is 48.7 Å². The Balaban J connectivity index is 2.22. The van der Waals surface area contributed by atoms with Gasteiger partial charge in [0.2, 0.25) is 0 Å². The van der Waals surface area contributed by atoms with Gasteiger partial charge in [0.05, 0.1) is 12.8 Å². The number of nitrogens with zero attached hydrogens (tertiary/aromatic N) is 2. The molecule has 26 heavy (non-hydrogen) atoms. The highest BCUT2D eigenvalue weighted by atomic mass is 19.1. The molecule has 0 fully saturated rings. The summed E-state index contributed by atoms with van der Waals surface area (Å²) in [7, 11) is 1.55. The standard InChI is InChI=1S/C20H17FN2O3/c1-26-14-7-8-15-16(11-14)18(12-4-2-5-13(21)10-12)19-17(22-25)6-3-9-23(19)20(15)24/h2,4-5,7-8,10-11,25H,3,6,9H2,1H3/b22-17+. The monoisotopic (exact) mass is 352 g/mol. The fourth-order valence-corrected chi connectivity index (χ4v) is 3.62. The van der Waals surface area contributed by atoms with E-state index in [1.807, 2.05) is 0 Å². The summed E-state index contributed by atoms with van der Waals surface area (Å²) < 4.78 is 20.8. The predicted molar refractivity (Wildman–Crippen MR) is 97.7 cm³/mol. The number of benzene rings is 2. The first-order chi connectivity index (χ1) is 12.6. The maximum absolute atomic E-state index is 13.9. The van der Waals surface area contributed by atoms with Crippen molar-refractivity contribution in [2.75, 3.05) is 7.11 Å². The van der Waals surface area contributed by atoms with Gasteiger partial charge in [0.25, 0.3) is 5.56 Å². The Morgan fingerprint density at radius 3 is 2.77 bits per heavy atom. The molecule has 0 spiro atoms. The average Bonchev–Trinajstić information content (AvgIpc) is 2.67. The minimum atomic E-state index is -0.373. The van der Waals surface area contributed by atoms with E-state index in [0.29, 0.717) is 58.4 Å². The molecule has 1 N–H and O–H groups in total. The van der Waals surface area contributed by atoms with Crippen LogP contribution >= 0.6 is 0 Å². The maximum atomic E-state index is 13.9. The van der Waals surface area contributed by atoms with Gasteiger partial charge < -0.3 is 14.5 Å². The summed E-state index contributed by atoms with van der Waals surface area (Å²) in [4.78, 5) is 13.0. The summed E-state index contributed by atoms with van der Waals surface area (Å²) in [5, 5.41) is 14.1. The Morgan fingerprint density at radius 1 is 1.19 bits per heavy atom. The molecule has 0 amide bonds. The molecule has 2 aromatic carbocycles. The fraction of sp³-hybridized carbons (Fsp3) is 0.200. The minimum Gasteiger partial charge on any atom is -0.497 e. The number of hydrogen-bond donors (Lipinski definition) is 1. The first-order valence-corrected chi connectivity index (χ1v) is 8.36. The lowest BCUT2D eigenvalue weighted by Crippen LogP contribution is -2.31. The van der Waals surface area contributed by atoms with Crippen molar-refractivity contribution in [1.29, 1.82) is 0 Å². The molecule has 1 aliphatic rings. The van der Waals surface area contributed by atoms with Crippen LogP contribution in [-0.4, -0.2) is 22.6 Å². The van der Waals surface area contributed by atoms with Crippen LogP contribution in [0.3, 0.4) is 0 Å². The lowest BCUT2D eigenvalue weighted by atomic mass is 9.91. The molecule has 0 saturated heterocycles. The van der Waals surface area contributed by atoms with Gasteiger partial charge in [-0.25, -0.2) is 4.39 Å². The van der Waals surface area contributed by atoms with Crippen molar-refractivity contribution in [3.8, 4) is 16.9 Å². The molecule has 1 aliphatic heterocycles. The van der Waals surface area contributed by atoms with Gasteiger partial charge >= 0.3 is 0 Å². The normalized spacial score (nSPS) is 15.2. The Morgan fingerprint density at radius 2 is 2.04 bits per heavy atom. The van der Waals surface area contributed by atoms with Crippen molar-refractivity contribution in [2.45, 2.75) is 19.4 Å². The van der Waals surface area contributed by atoms with Crippen LogP contribution in [-0.2, 0) is 6.54 Å². The largest absolute Gasteiger partial charge is 0.497 e. The Hall–Kier alpha value is -3.15. The molecule has 5 nitrogen and oxygen atoms in total. The van der Waals surface area contributed by atoms with Crippen LogP contribution < -0.4 is 10.3 Å². The smallest absolute Gasteiger partial charge is 0.258 e. The van der Waals surface area contributed by atoms with E-state index in [2.05, 4.69) is 5.16 Å². The number of aromatic nitrogens is 1. The van der Waals surface area contributed by atoms with Crippen LogP contribution in [0.25, 0.3) is 21.9 Å². The van der Waals surface area contributed by atoms with E-state index in [1.54, 1.807) is 42.0 Å². The van der Waals surface area contributed by atoms with E-state index in [9.17, 15) is 14.4 Å². The third-order valence-electron chi connectivity index (χ3n) is 4.78. The molecular formula is C20H17FN2O3. The zero-order valence-electron chi connectivity index (χ0n) is 14.2. The Labute approximate surface area is 149 Å². The van der Waals surface area contributed by atoms with Gasteiger partial charge in [-0.1, -0.05) is 17.3 Å². The summed E-state index contributed by atoms with van der Waals surface area (Å²) in [6.45, 7) is 0.525. The van der Waals surface area contributed by atoms with Crippen molar-refractivity contribution in [3.63, 3.8) is 0 Å². The van der Waals surface area contributed by atoms with E-state index >= 15 is 0 Å². The fourth-order valence-electron chi connectivity index (χ4n) is 3.62. The number of rotatable bonds is 2. The van der Waals surface area contributed by atoms with E-state index in [-0.39, 0.29) is 11.4 Å². The lowest BCUT2D eigenvalue weighted by molar-refractivity contribution is 0.316. The van der Waals surface area contributed by atoms with Crippen LogP contribution in [0.2, 0.25) is 0 Å². The number of oxime groups is 1. The van der Waals surface area contributed by atoms with Gasteiger partial charge in [-0.3, -0.25) is 4.79 Å². The molecule has 0 bridgehead atoms. The number of pyridine rings is 1. The predicted octanol–water partition coefficient (Wildman–Crippen LogP) is 3.79. The van der Waals surface area contributed by atoms with Gasteiger partial charge in [0.1, 0.15) is 17.3 Å². The van der Waals surface area contributed by atoms with Crippen molar-refractivity contribution < 1.29 is 14.3 Å². The average molecular weight is 352 g/mol. The number of hydrogen-bond acceptors (Lipinski definition) is 4. The SMILES string of the molecule is COc1ccc2c(=O)n3c(c(-c4cccc(F)c4)c2c1)/C(=N/O)CCC3. The van der Waals surface area contributed by atoms with Gasteiger partial charge in [0.15, 0.2) is 0 Å². The highest BCUT2D eigenvalue weighted by molar-refractivity contribution is 6.11. The van der Waals surface area contributed by atoms with Crippen LogP contribution in [0, 0.1) is 5.82 Å². The van der Waals surface area contributed by atoms with E-state index in [0.717, 1.165) is 0 Å². The molecule has 2 heterocycles. The summed E-state index contributed by atoms with van der Waals surface area (Å²) in [6.07, 6.45) is 1.25. The molecule has 132 valence electrons. The molecule has 1 aromatic heterocycles. The van der Waals surface area contributed by atoms with E-state index < -0.39 is 0 Å². The maximum Gasteiger partial charge on any atom is 0.258 e. The second-order valence-electron chi connectivity index (χ2n) is 6.25. The molecule has 0 saturated carbocycles. The number of ether oxygens (including phenoxy) is 1. The van der Waals surface area contributed by atoms with Gasteiger partial charge in [0, 0.05) is 22.9 Å². The Bertz CT molecular complexity index is 1100.